The van der Waals surface area contributed by atoms with Gasteiger partial charge in [-0.15, -0.1) is 0 Å². The fourth-order valence-corrected chi connectivity index (χ4v) is 4.20. The van der Waals surface area contributed by atoms with E-state index in [2.05, 4.69) is 0 Å². The van der Waals surface area contributed by atoms with Gasteiger partial charge in [-0.25, -0.2) is 9.18 Å². The van der Waals surface area contributed by atoms with Crippen LogP contribution in [-0.4, -0.2) is 48.1 Å². The summed E-state index contributed by atoms with van der Waals surface area (Å²) in [6, 6.07) is 1.07. The number of aromatic carboxylic acids is 1. The molecule has 0 radical (unpaired) electrons. The number of pyridine rings is 1. The lowest BCUT2D eigenvalue weighted by Crippen LogP contribution is -2.45. The highest BCUT2D eigenvalue weighted by Gasteiger charge is 2.42. The van der Waals surface area contributed by atoms with Crippen molar-refractivity contribution in [3.8, 4) is 5.75 Å². The van der Waals surface area contributed by atoms with Crippen LogP contribution in [-0.2, 0) is 0 Å². The van der Waals surface area contributed by atoms with Crippen molar-refractivity contribution in [2.75, 3.05) is 31.8 Å². The van der Waals surface area contributed by atoms with E-state index in [-0.39, 0.29) is 36.0 Å². The standard InChI is InChI=1S/C20H23F2N3O4/c1-20(23)9-24(7-10(20)6-21)16-14(22)5-12-15(18(16)29-2)25(11-3-4-11)8-13(17(12)26)19(27)28/h5,8,10-11H,3-4,6-7,9,23H2,1-2H3,(H,27,28)/t10-,20+/m0/s1. The highest BCUT2D eigenvalue weighted by Crippen LogP contribution is 2.45. The minimum atomic E-state index is -1.36. The van der Waals surface area contributed by atoms with Crippen LogP contribution in [0.2, 0.25) is 0 Å². The Hall–Kier alpha value is -2.68. The van der Waals surface area contributed by atoms with E-state index in [0.717, 1.165) is 18.9 Å². The fourth-order valence-electron chi connectivity index (χ4n) is 4.20. The Morgan fingerprint density at radius 3 is 2.66 bits per heavy atom. The Balaban J connectivity index is 2.00. The molecule has 0 bridgehead atoms. The lowest BCUT2D eigenvalue weighted by atomic mass is 9.92. The number of ether oxygens (including phenoxy) is 1. The molecule has 0 unspecified atom stereocenters. The Kier molecular flexibility index (Phi) is 4.53. The molecule has 1 aromatic heterocycles. The van der Waals surface area contributed by atoms with Crippen molar-refractivity contribution < 1.29 is 23.4 Å². The molecular formula is C20H23F2N3O4. The first-order chi connectivity index (χ1) is 13.7. The summed E-state index contributed by atoms with van der Waals surface area (Å²) in [5.74, 6) is -2.43. The van der Waals surface area contributed by atoms with Gasteiger partial charge in [0.05, 0.1) is 24.7 Å². The largest absolute Gasteiger partial charge is 0.492 e. The van der Waals surface area contributed by atoms with Crippen LogP contribution >= 0.6 is 0 Å². The van der Waals surface area contributed by atoms with E-state index in [0.29, 0.717) is 5.52 Å². The molecule has 1 aliphatic carbocycles. The van der Waals surface area contributed by atoms with E-state index in [9.17, 15) is 19.1 Å². The van der Waals surface area contributed by atoms with E-state index in [1.165, 1.54) is 13.3 Å². The minimum Gasteiger partial charge on any atom is -0.492 e. The second-order valence-corrected chi connectivity index (χ2v) is 8.19. The zero-order valence-electron chi connectivity index (χ0n) is 16.2. The van der Waals surface area contributed by atoms with Gasteiger partial charge in [0.25, 0.3) is 0 Å². The number of anilines is 1. The molecule has 29 heavy (non-hydrogen) atoms. The van der Waals surface area contributed by atoms with Gasteiger partial charge in [0.1, 0.15) is 11.3 Å². The monoisotopic (exact) mass is 407 g/mol. The normalized spacial score (nSPS) is 24.3. The van der Waals surface area contributed by atoms with Crippen molar-refractivity contribution >= 4 is 22.6 Å². The molecule has 4 rings (SSSR count). The number of fused-ring (bicyclic) bond motifs is 1. The molecule has 7 nitrogen and oxygen atoms in total. The van der Waals surface area contributed by atoms with Gasteiger partial charge in [0.2, 0.25) is 5.43 Å². The Morgan fingerprint density at radius 2 is 2.14 bits per heavy atom. The first-order valence-electron chi connectivity index (χ1n) is 9.48. The molecule has 3 N–H and O–H groups in total. The number of hydrogen-bond donors (Lipinski definition) is 2. The van der Waals surface area contributed by atoms with Crippen molar-refractivity contribution in [3.05, 3.63) is 33.9 Å². The molecule has 0 spiro atoms. The predicted molar refractivity (Wildman–Crippen MR) is 104 cm³/mol. The fraction of sp³-hybridized carbons (Fsp3) is 0.500. The zero-order chi connectivity index (χ0) is 21.1. The summed E-state index contributed by atoms with van der Waals surface area (Å²) < 4.78 is 35.9. The third kappa shape index (κ3) is 3.04. The second-order valence-electron chi connectivity index (χ2n) is 8.19. The molecule has 2 aliphatic rings. The number of rotatable bonds is 5. The topological polar surface area (TPSA) is 97.8 Å². The van der Waals surface area contributed by atoms with Gasteiger partial charge in [0, 0.05) is 36.8 Å². The number of carboxylic acid groups (broad SMARTS) is 1. The maximum absolute atomic E-state index is 15.2. The van der Waals surface area contributed by atoms with Crippen molar-refractivity contribution in [3.63, 3.8) is 0 Å². The number of carboxylic acids is 1. The number of nitrogens with zero attached hydrogens (tertiary/aromatic N) is 2. The highest BCUT2D eigenvalue weighted by atomic mass is 19.1. The smallest absolute Gasteiger partial charge is 0.341 e. The molecule has 2 aromatic rings. The van der Waals surface area contributed by atoms with E-state index in [1.54, 1.807) is 16.4 Å². The number of carbonyl (C=O) groups is 1. The van der Waals surface area contributed by atoms with E-state index in [1.807, 2.05) is 0 Å². The summed E-state index contributed by atoms with van der Waals surface area (Å²) in [7, 11) is 1.37. The number of aromatic nitrogens is 1. The van der Waals surface area contributed by atoms with Crippen LogP contribution in [0.15, 0.2) is 17.1 Å². The second kappa shape index (κ2) is 6.69. The van der Waals surface area contributed by atoms with Crippen LogP contribution < -0.4 is 20.8 Å². The van der Waals surface area contributed by atoms with Crippen LogP contribution in [0.1, 0.15) is 36.2 Å². The first kappa shape index (κ1) is 19.6. The van der Waals surface area contributed by atoms with E-state index < -0.39 is 40.9 Å². The van der Waals surface area contributed by atoms with Gasteiger partial charge in [-0.05, 0) is 25.8 Å². The highest BCUT2D eigenvalue weighted by molar-refractivity contribution is 5.97. The molecule has 2 fully saturated rings. The number of benzene rings is 1. The zero-order valence-corrected chi connectivity index (χ0v) is 16.2. The quantitative estimate of drug-likeness (QED) is 0.789. The Bertz CT molecular complexity index is 1060. The van der Waals surface area contributed by atoms with E-state index >= 15 is 4.39 Å². The van der Waals surface area contributed by atoms with Crippen LogP contribution in [0.3, 0.4) is 0 Å². The van der Waals surface area contributed by atoms with Crippen molar-refractivity contribution in [1.82, 2.24) is 4.57 Å². The molecule has 2 heterocycles. The van der Waals surface area contributed by atoms with Crippen LogP contribution in [0.5, 0.6) is 5.75 Å². The molecule has 0 amide bonds. The van der Waals surface area contributed by atoms with Crippen molar-refractivity contribution in [2.24, 2.45) is 11.7 Å². The summed E-state index contributed by atoms with van der Waals surface area (Å²) in [4.78, 5) is 25.9. The Labute approximate surface area is 165 Å². The van der Waals surface area contributed by atoms with Crippen molar-refractivity contribution in [2.45, 2.75) is 31.3 Å². The summed E-state index contributed by atoms with van der Waals surface area (Å²) in [6.07, 6.45) is 2.94. The average Bonchev–Trinajstić information content (AvgIpc) is 3.44. The van der Waals surface area contributed by atoms with E-state index in [4.69, 9.17) is 10.5 Å². The maximum Gasteiger partial charge on any atom is 0.341 e. The molecule has 1 aliphatic heterocycles. The third-order valence-electron chi connectivity index (χ3n) is 5.98. The lowest BCUT2D eigenvalue weighted by molar-refractivity contribution is 0.0694. The van der Waals surface area contributed by atoms with Crippen LogP contribution in [0.4, 0.5) is 14.5 Å². The van der Waals surface area contributed by atoms with Crippen LogP contribution in [0, 0.1) is 11.7 Å². The number of nitrogens with two attached hydrogens (primary N) is 1. The SMILES string of the molecule is COc1c(N2C[C@H](CF)[C@](C)(N)C2)c(F)cc2c(=O)c(C(=O)O)cn(C3CC3)c12. The maximum atomic E-state index is 15.2. The molecule has 1 saturated carbocycles. The van der Waals surface area contributed by atoms with Gasteiger partial charge in [-0.3, -0.25) is 9.18 Å². The Morgan fingerprint density at radius 1 is 1.45 bits per heavy atom. The summed E-state index contributed by atoms with van der Waals surface area (Å²) >= 11 is 0. The molecular weight excluding hydrogens is 384 g/mol. The third-order valence-corrected chi connectivity index (χ3v) is 5.98. The molecule has 2 atom stereocenters. The summed E-state index contributed by atoms with van der Waals surface area (Å²) in [5, 5.41) is 9.34. The van der Waals surface area contributed by atoms with Gasteiger partial charge < -0.3 is 25.0 Å². The molecule has 1 saturated heterocycles. The number of alkyl halides is 1. The average molecular weight is 407 g/mol. The van der Waals surface area contributed by atoms with Crippen LogP contribution in [0.25, 0.3) is 10.9 Å². The van der Waals surface area contributed by atoms with Gasteiger partial charge in [-0.2, -0.15) is 0 Å². The van der Waals surface area contributed by atoms with Gasteiger partial charge in [-0.1, -0.05) is 0 Å². The number of halogens is 2. The predicted octanol–water partition coefficient (Wildman–Crippen LogP) is 2.31. The van der Waals surface area contributed by atoms with Crippen molar-refractivity contribution in [1.29, 1.82) is 0 Å². The lowest BCUT2D eigenvalue weighted by Gasteiger charge is -2.26. The van der Waals surface area contributed by atoms with Gasteiger partial charge in [0.15, 0.2) is 11.6 Å². The number of methoxy groups -OCH3 is 1. The summed E-state index contributed by atoms with van der Waals surface area (Å²) in [5.41, 5.74) is 4.66. The number of hydrogen-bond acceptors (Lipinski definition) is 5. The molecule has 156 valence electrons. The summed E-state index contributed by atoms with van der Waals surface area (Å²) in [6.45, 7) is 1.53. The first-order valence-corrected chi connectivity index (χ1v) is 9.48. The minimum absolute atomic E-state index is 0.0142. The van der Waals surface area contributed by atoms with Gasteiger partial charge >= 0.3 is 5.97 Å². The molecule has 1 aromatic carbocycles. The molecule has 9 heteroatoms.